The number of rotatable bonds is 3. The Morgan fingerprint density at radius 1 is 1.18 bits per heavy atom. The number of nitrogens with zero attached hydrogens (tertiary/aromatic N) is 3. The SMILES string of the molecule is O=C(NC(=S)N1CCN(c2ccc([N+](=O)[O-])cc2Cl)CC1)c1ccccc1Br. The van der Waals surface area contributed by atoms with E-state index in [0.29, 0.717) is 46.4 Å². The minimum absolute atomic E-state index is 0.0386. The minimum Gasteiger partial charge on any atom is -0.367 e. The molecule has 0 aromatic heterocycles. The summed E-state index contributed by atoms with van der Waals surface area (Å²) in [6.45, 7) is 2.45. The van der Waals surface area contributed by atoms with Gasteiger partial charge in [-0.2, -0.15) is 0 Å². The zero-order valence-corrected chi connectivity index (χ0v) is 17.8. The van der Waals surface area contributed by atoms with Crippen LogP contribution in [0.5, 0.6) is 0 Å². The molecule has 0 radical (unpaired) electrons. The Hall–Kier alpha value is -2.23. The highest BCUT2D eigenvalue weighted by Gasteiger charge is 2.23. The fourth-order valence-corrected chi connectivity index (χ4v) is 3.94. The minimum atomic E-state index is -0.472. The summed E-state index contributed by atoms with van der Waals surface area (Å²) < 4.78 is 0.702. The van der Waals surface area contributed by atoms with Crippen LogP contribution in [-0.4, -0.2) is 47.0 Å². The zero-order valence-electron chi connectivity index (χ0n) is 14.6. The van der Waals surface area contributed by atoms with Gasteiger partial charge in [0, 0.05) is 42.8 Å². The topological polar surface area (TPSA) is 78.7 Å². The first kappa shape index (κ1) is 20.5. The number of halogens is 2. The van der Waals surface area contributed by atoms with Gasteiger partial charge in [0.05, 0.1) is 21.2 Å². The molecule has 0 saturated carbocycles. The summed E-state index contributed by atoms with van der Waals surface area (Å²) >= 11 is 14.9. The third kappa shape index (κ3) is 4.60. The van der Waals surface area contributed by atoms with Crippen LogP contribution in [0.4, 0.5) is 11.4 Å². The molecule has 1 fully saturated rings. The highest BCUT2D eigenvalue weighted by Crippen LogP contribution is 2.30. The predicted molar refractivity (Wildman–Crippen MR) is 116 cm³/mol. The van der Waals surface area contributed by atoms with Crippen LogP contribution in [0.1, 0.15) is 10.4 Å². The average Bonchev–Trinajstić information content (AvgIpc) is 2.68. The van der Waals surface area contributed by atoms with E-state index >= 15 is 0 Å². The standard InChI is InChI=1S/C18H16BrClN4O3S/c19-14-4-2-1-3-13(14)17(25)21-18(28)23-9-7-22(8-10-23)16-6-5-12(24(26)27)11-15(16)20/h1-6,11H,7-10H2,(H,21,25,28). The average molecular weight is 484 g/mol. The summed E-state index contributed by atoms with van der Waals surface area (Å²) in [6.07, 6.45) is 0. The number of nitro groups is 1. The van der Waals surface area contributed by atoms with Crippen LogP contribution < -0.4 is 10.2 Å². The molecule has 1 heterocycles. The summed E-state index contributed by atoms with van der Waals surface area (Å²) in [5.74, 6) is -0.265. The largest absolute Gasteiger partial charge is 0.367 e. The molecule has 3 rings (SSSR count). The molecule has 0 unspecified atom stereocenters. The molecule has 1 aliphatic rings. The first-order valence-corrected chi connectivity index (χ1v) is 9.98. The van der Waals surface area contributed by atoms with Gasteiger partial charge in [-0.25, -0.2) is 0 Å². The van der Waals surface area contributed by atoms with Crippen LogP contribution in [0.25, 0.3) is 0 Å². The molecule has 1 amide bonds. The number of hydrogen-bond acceptors (Lipinski definition) is 5. The van der Waals surface area contributed by atoms with Crippen LogP contribution in [0.2, 0.25) is 5.02 Å². The second-order valence-electron chi connectivity index (χ2n) is 6.11. The van der Waals surface area contributed by atoms with E-state index in [1.165, 1.54) is 12.1 Å². The van der Waals surface area contributed by atoms with Gasteiger partial charge in [-0.15, -0.1) is 0 Å². The number of amides is 1. The summed E-state index contributed by atoms with van der Waals surface area (Å²) in [7, 11) is 0. The molecule has 10 heteroatoms. The lowest BCUT2D eigenvalue weighted by Gasteiger charge is -2.37. The second kappa shape index (κ2) is 8.85. The van der Waals surface area contributed by atoms with Gasteiger partial charge in [0.25, 0.3) is 11.6 Å². The molecule has 1 N–H and O–H groups in total. The molecule has 2 aromatic carbocycles. The third-order valence-electron chi connectivity index (χ3n) is 4.39. The van der Waals surface area contributed by atoms with Gasteiger partial charge in [0.2, 0.25) is 0 Å². The van der Waals surface area contributed by atoms with Gasteiger partial charge in [-0.1, -0.05) is 23.7 Å². The Morgan fingerprint density at radius 3 is 2.46 bits per heavy atom. The highest BCUT2D eigenvalue weighted by atomic mass is 79.9. The maximum Gasteiger partial charge on any atom is 0.271 e. The number of non-ortho nitro benzene ring substituents is 1. The number of nitro benzene ring substituents is 1. The molecule has 0 aliphatic carbocycles. The van der Waals surface area contributed by atoms with E-state index in [9.17, 15) is 14.9 Å². The van der Waals surface area contributed by atoms with Gasteiger partial charge in [0.1, 0.15) is 0 Å². The van der Waals surface area contributed by atoms with Gasteiger partial charge >= 0.3 is 0 Å². The summed E-state index contributed by atoms with van der Waals surface area (Å²) in [5, 5.41) is 14.3. The maximum absolute atomic E-state index is 12.4. The van der Waals surface area contributed by atoms with Gasteiger partial charge < -0.3 is 9.80 Å². The number of benzene rings is 2. The van der Waals surface area contributed by atoms with E-state index in [-0.39, 0.29) is 11.6 Å². The smallest absolute Gasteiger partial charge is 0.271 e. The Balaban J connectivity index is 1.59. The number of thiocarbonyl (C=S) groups is 1. The van der Waals surface area contributed by atoms with Crippen LogP contribution in [0.3, 0.4) is 0 Å². The monoisotopic (exact) mass is 482 g/mol. The summed E-state index contributed by atoms with van der Waals surface area (Å²) in [6, 6.07) is 11.6. The van der Waals surface area contributed by atoms with Gasteiger partial charge in [0.15, 0.2) is 5.11 Å². The van der Waals surface area contributed by atoms with Crippen LogP contribution >= 0.6 is 39.7 Å². The van der Waals surface area contributed by atoms with Crippen molar-refractivity contribution in [3.05, 3.63) is 67.6 Å². The Morgan fingerprint density at radius 2 is 1.86 bits per heavy atom. The fourth-order valence-electron chi connectivity index (χ4n) is 2.91. The number of carbonyl (C=O) groups is 1. The van der Waals surface area contributed by atoms with Gasteiger partial charge in [-0.3, -0.25) is 20.2 Å². The molecule has 0 spiro atoms. The Kier molecular flexibility index (Phi) is 6.48. The fraction of sp³-hybridized carbons (Fsp3) is 0.222. The molecule has 1 saturated heterocycles. The summed E-state index contributed by atoms with van der Waals surface area (Å²) in [5.41, 5.74) is 1.22. The maximum atomic E-state index is 12.4. The van der Waals surface area contributed by atoms with E-state index in [2.05, 4.69) is 21.2 Å². The van der Waals surface area contributed by atoms with Crippen molar-refractivity contribution in [3.63, 3.8) is 0 Å². The lowest BCUT2D eigenvalue weighted by Crippen LogP contribution is -2.52. The molecule has 2 aromatic rings. The lowest BCUT2D eigenvalue weighted by atomic mass is 10.2. The number of carbonyl (C=O) groups excluding carboxylic acids is 1. The van der Waals surface area contributed by atoms with Crippen LogP contribution in [-0.2, 0) is 0 Å². The molecule has 28 heavy (non-hydrogen) atoms. The van der Waals surface area contributed by atoms with Crippen molar-refractivity contribution in [1.82, 2.24) is 10.2 Å². The zero-order chi connectivity index (χ0) is 20.3. The highest BCUT2D eigenvalue weighted by molar-refractivity contribution is 9.10. The van der Waals surface area contributed by atoms with Crippen molar-refractivity contribution in [3.8, 4) is 0 Å². The van der Waals surface area contributed by atoms with Crippen molar-refractivity contribution in [2.45, 2.75) is 0 Å². The quantitative estimate of drug-likeness (QED) is 0.406. The van der Waals surface area contributed by atoms with E-state index in [4.69, 9.17) is 23.8 Å². The normalized spacial score (nSPS) is 13.9. The molecule has 0 bridgehead atoms. The van der Waals surface area contributed by atoms with E-state index in [0.717, 1.165) is 5.69 Å². The van der Waals surface area contributed by atoms with Crippen LogP contribution in [0.15, 0.2) is 46.9 Å². The first-order chi connectivity index (χ1) is 13.4. The molecular weight excluding hydrogens is 468 g/mol. The number of nitrogens with one attached hydrogen (secondary N) is 1. The lowest BCUT2D eigenvalue weighted by molar-refractivity contribution is -0.384. The Bertz CT molecular complexity index is 935. The molecular formula is C18H16BrClN4O3S. The van der Waals surface area contributed by atoms with E-state index in [1.807, 2.05) is 15.9 Å². The molecule has 7 nitrogen and oxygen atoms in total. The Labute approximate surface area is 180 Å². The number of hydrogen-bond donors (Lipinski definition) is 1. The number of piperazine rings is 1. The predicted octanol–water partition coefficient (Wildman–Crippen LogP) is 3.85. The van der Waals surface area contributed by atoms with Crippen molar-refractivity contribution in [2.75, 3.05) is 31.1 Å². The number of anilines is 1. The van der Waals surface area contributed by atoms with Crippen molar-refractivity contribution in [1.29, 1.82) is 0 Å². The molecule has 1 aliphatic heterocycles. The van der Waals surface area contributed by atoms with E-state index in [1.54, 1.807) is 24.3 Å². The third-order valence-corrected chi connectivity index (χ3v) is 5.74. The van der Waals surface area contributed by atoms with Crippen molar-refractivity contribution >= 4 is 62.1 Å². The van der Waals surface area contributed by atoms with Crippen LogP contribution in [0, 0.1) is 10.1 Å². The van der Waals surface area contributed by atoms with Crippen molar-refractivity contribution < 1.29 is 9.72 Å². The second-order valence-corrected chi connectivity index (χ2v) is 7.75. The van der Waals surface area contributed by atoms with Gasteiger partial charge in [-0.05, 0) is 46.3 Å². The molecule has 146 valence electrons. The summed E-state index contributed by atoms with van der Waals surface area (Å²) in [4.78, 5) is 26.7. The first-order valence-electron chi connectivity index (χ1n) is 8.40. The molecule has 0 atom stereocenters. The van der Waals surface area contributed by atoms with E-state index < -0.39 is 4.92 Å². The van der Waals surface area contributed by atoms with Crippen molar-refractivity contribution in [2.24, 2.45) is 0 Å².